The first kappa shape index (κ1) is 22.6. The number of H-pyrrole nitrogens is 1. The van der Waals surface area contributed by atoms with Crippen LogP contribution >= 0.6 is 0 Å². The lowest BCUT2D eigenvalue weighted by atomic mass is 9.92. The highest BCUT2D eigenvalue weighted by Crippen LogP contribution is 2.39. The fourth-order valence-corrected chi connectivity index (χ4v) is 4.83. The van der Waals surface area contributed by atoms with Gasteiger partial charge in [-0.15, -0.1) is 0 Å². The van der Waals surface area contributed by atoms with E-state index >= 15 is 0 Å². The first-order valence-corrected chi connectivity index (χ1v) is 11.6. The molecule has 0 saturated heterocycles. The molecule has 3 aromatic carbocycles. The van der Waals surface area contributed by atoms with Gasteiger partial charge in [-0.2, -0.15) is 0 Å². The van der Waals surface area contributed by atoms with Crippen molar-refractivity contribution in [3.8, 4) is 17.2 Å². The fourth-order valence-electron chi connectivity index (χ4n) is 4.83. The highest BCUT2D eigenvalue weighted by molar-refractivity contribution is 5.93. The zero-order valence-corrected chi connectivity index (χ0v) is 20.1. The van der Waals surface area contributed by atoms with Crippen LogP contribution in [0.25, 0.3) is 17.0 Å². The number of hydrogen-bond donors (Lipinski definition) is 1. The Balaban J connectivity index is 1.51. The smallest absolute Gasteiger partial charge is 0.247 e. The average molecular weight is 469 g/mol. The molecule has 5 rings (SSSR count). The number of fused-ring (bicyclic) bond motifs is 3. The summed E-state index contributed by atoms with van der Waals surface area (Å²) in [5, 5.41) is 1.22. The third-order valence-electron chi connectivity index (χ3n) is 6.58. The zero-order valence-electron chi connectivity index (χ0n) is 20.1. The number of ether oxygens (including phenoxy) is 3. The molecule has 4 aromatic rings. The molecule has 35 heavy (non-hydrogen) atoms. The van der Waals surface area contributed by atoms with Crippen molar-refractivity contribution in [3.63, 3.8) is 0 Å². The number of aromatic nitrogens is 1. The van der Waals surface area contributed by atoms with Gasteiger partial charge in [-0.05, 0) is 59.5 Å². The average Bonchev–Trinajstić information content (AvgIpc) is 3.29. The van der Waals surface area contributed by atoms with Crippen molar-refractivity contribution in [2.45, 2.75) is 12.5 Å². The molecule has 1 aromatic heterocycles. The lowest BCUT2D eigenvalue weighted by molar-refractivity contribution is -0.128. The van der Waals surface area contributed by atoms with Crippen molar-refractivity contribution >= 4 is 22.9 Å². The van der Waals surface area contributed by atoms with Gasteiger partial charge in [0.05, 0.1) is 27.4 Å². The van der Waals surface area contributed by atoms with Gasteiger partial charge in [0.1, 0.15) is 5.75 Å². The van der Waals surface area contributed by atoms with Crippen molar-refractivity contribution in [2.24, 2.45) is 0 Å². The molecule has 6 heteroatoms. The minimum Gasteiger partial charge on any atom is -0.497 e. The number of aromatic amines is 1. The minimum atomic E-state index is -0.223. The first-order valence-electron chi connectivity index (χ1n) is 11.6. The highest BCUT2D eigenvalue weighted by atomic mass is 16.5. The summed E-state index contributed by atoms with van der Waals surface area (Å²) in [7, 11) is 4.85. The van der Waals surface area contributed by atoms with E-state index < -0.39 is 0 Å². The Morgan fingerprint density at radius 1 is 0.943 bits per heavy atom. The van der Waals surface area contributed by atoms with Crippen LogP contribution in [0, 0.1) is 0 Å². The van der Waals surface area contributed by atoms with Gasteiger partial charge in [0, 0.05) is 29.2 Å². The highest BCUT2D eigenvalue weighted by Gasteiger charge is 2.33. The van der Waals surface area contributed by atoms with Crippen LogP contribution in [0.3, 0.4) is 0 Å². The molecule has 1 atom stereocenters. The maximum Gasteiger partial charge on any atom is 0.247 e. The van der Waals surface area contributed by atoms with E-state index in [1.54, 1.807) is 27.4 Å². The number of rotatable bonds is 6. The topological polar surface area (TPSA) is 63.8 Å². The lowest BCUT2D eigenvalue weighted by Crippen LogP contribution is -2.39. The molecular formula is C29H28N2O4. The van der Waals surface area contributed by atoms with Gasteiger partial charge < -0.3 is 24.1 Å². The largest absolute Gasteiger partial charge is 0.497 e. The number of carbonyl (C=O) groups is 1. The van der Waals surface area contributed by atoms with Gasteiger partial charge in [-0.1, -0.05) is 36.4 Å². The molecule has 1 aliphatic rings. The van der Waals surface area contributed by atoms with Crippen molar-refractivity contribution in [2.75, 3.05) is 27.9 Å². The molecule has 1 N–H and O–H groups in total. The second-order valence-electron chi connectivity index (χ2n) is 8.47. The molecule has 0 radical (unpaired) electrons. The summed E-state index contributed by atoms with van der Waals surface area (Å²) in [4.78, 5) is 19.1. The Morgan fingerprint density at radius 3 is 2.46 bits per heavy atom. The van der Waals surface area contributed by atoms with Crippen molar-refractivity contribution in [1.82, 2.24) is 9.88 Å². The first-order chi connectivity index (χ1) is 17.1. The van der Waals surface area contributed by atoms with Crippen molar-refractivity contribution < 1.29 is 19.0 Å². The van der Waals surface area contributed by atoms with Crippen molar-refractivity contribution in [3.05, 3.63) is 95.2 Å². The van der Waals surface area contributed by atoms with E-state index in [0.29, 0.717) is 18.0 Å². The molecular weight excluding hydrogens is 440 g/mol. The molecule has 1 amide bonds. The van der Waals surface area contributed by atoms with Gasteiger partial charge in [0.2, 0.25) is 5.91 Å². The molecule has 2 heterocycles. The summed E-state index contributed by atoms with van der Waals surface area (Å²) in [6.45, 7) is 0.626. The molecule has 0 bridgehead atoms. The number of methoxy groups -OCH3 is 3. The Bertz CT molecular complexity index is 1390. The third-order valence-corrected chi connectivity index (χ3v) is 6.58. The summed E-state index contributed by atoms with van der Waals surface area (Å²) < 4.78 is 16.1. The van der Waals surface area contributed by atoms with E-state index in [1.807, 2.05) is 59.5 Å². The lowest BCUT2D eigenvalue weighted by Gasteiger charge is -2.35. The number of nitrogens with zero attached hydrogens (tertiary/aromatic N) is 1. The van der Waals surface area contributed by atoms with Crippen LogP contribution in [0.4, 0.5) is 0 Å². The molecule has 0 spiro atoms. The second kappa shape index (κ2) is 9.58. The predicted octanol–water partition coefficient (Wildman–Crippen LogP) is 5.38. The summed E-state index contributed by atoms with van der Waals surface area (Å²) in [6, 6.07) is 21.6. The number of hydrogen-bond acceptors (Lipinski definition) is 4. The monoisotopic (exact) mass is 468 g/mol. The molecule has 0 saturated carbocycles. The predicted molar refractivity (Wildman–Crippen MR) is 137 cm³/mol. The summed E-state index contributed by atoms with van der Waals surface area (Å²) in [5.41, 5.74) is 5.32. The van der Waals surface area contributed by atoms with Crippen LogP contribution in [0.2, 0.25) is 0 Å². The normalized spacial score (nSPS) is 15.3. The molecule has 0 fully saturated rings. The number of carbonyl (C=O) groups excluding carboxylic acids is 1. The molecule has 1 aliphatic heterocycles. The van der Waals surface area contributed by atoms with Crippen LogP contribution in [0.1, 0.15) is 28.4 Å². The van der Waals surface area contributed by atoms with Gasteiger partial charge in [0.25, 0.3) is 0 Å². The second-order valence-corrected chi connectivity index (χ2v) is 8.47. The van der Waals surface area contributed by atoms with Crippen LogP contribution in [0.5, 0.6) is 17.2 Å². The van der Waals surface area contributed by atoms with Gasteiger partial charge >= 0.3 is 0 Å². The number of amides is 1. The Hall–Kier alpha value is -4.19. The quantitative estimate of drug-likeness (QED) is 0.386. The number of benzene rings is 3. The minimum absolute atomic E-state index is 0.0510. The van der Waals surface area contributed by atoms with E-state index in [2.05, 4.69) is 23.2 Å². The van der Waals surface area contributed by atoms with Gasteiger partial charge in [0.15, 0.2) is 11.5 Å². The fraction of sp³-hybridized carbons (Fsp3) is 0.207. The SMILES string of the molecule is COc1ccc([C@@H]2c3[nH]c4ccccc4c3CCN2C(=O)/C=C/c2ccc(OC)c(OC)c2)cc1. The number of para-hydroxylation sites is 1. The summed E-state index contributed by atoms with van der Waals surface area (Å²) in [6.07, 6.45) is 4.24. The maximum absolute atomic E-state index is 13.5. The van der Waals surface area contributed by atoms with Crippen LogP contribution in [-0.2, 0) is 11.2 Å². The standard InChI is InChI=1S/C29H28N2O4/c1-33-21-12-10-20(11-13-21)29-28-23(22-6-4-5-7-24(22)30-28)16-17-31(29)27(32)15-9-19-8-14-25(34-2)26(18-19)35-3/h4-15,18,29-30H,16-17H2,1-3H3/b15-9+/t29-/m1/s1. The molecule has 0 unspecified atom stereocenters. The summed E-state index contributed by atoms with van der Waals surface area (Å²) in [5.74, 6) is 2.01. The van der Waals surface area contributed by atoms with E-state index in [4.69, 9.17) is 14.2 Å². The number of nitrogens with one attached hydrogen (secondary N) is 1. The van der Waals surface area contributed by atoms with Crippen LogP contribution < -0.4 is 14.2 Å². The van der Waals surface area contributed by atoms with E-state index in [1.165, 1.54) is 10.9 Å². The molecule has 178 valence electrons. The Kier molecular flexibility index (Phi) is 6.19. The molecule has 6 nitrogen and oxygen atoms in total. The van der Waals surface area contributed by atoms with Crippen LogP contribution in [0.15, 0.2) is 72.8 Å². The van der Waals surface area contributed by atoms with Crippen molar-refractivity contribution in [1.29, 1.82) is 0 Å². The molecule has 0 aliphatic carbocycles. The summed E-state index contributed by atoms with van der Waals surface area (Å²) >= 11 is 0. The third kappa shape index (κ3) is 4.23. The van der Waals surface area contributed by atoms with E-state index in [9.17, 15) is 4.79 Å². The van der Waals surface area contributed by atoms with Gasteiger partial charge in [-0.25, -0.2) is 0 Å². The zero-order chi connectivity index (χ0) is 24.4. The Morgan fingerprint density at radius 2 is 1.71 bits per heavy atom. The maximum atomic E-state index is 13.5. The van der Waals surface area contributed by atoms with E-state index in [0.717, 1.165) is 34.5 Å². The van der Waals surface area contributed by atoms with Gasteiger partial charge in [-0.3, -0.25) is 4.79 Å². The Labute approximate surface area is 204 Å². The van der Waals surface area contributed by atoms with E-state index in [-0.39, 0.29) is 11.9 Å². The van der Waals surface area contributed by atoms with Crippen LogP contribution in [-0.4, -0.2) is 43.7 Å².